The summed E-state index contributed by atoms with van der Waals surface area (Å²) >= 11 is -2.48. The van der Waals surface area contributed by atoms with E-state index in [1.165, 1.54) is 11.1 Å². The second-order valence-electron chi connectivity index (χ2n) is 11.0. The first-order valence-electron chi connectivity index (χ1n) is 11.8. The Kier molecular flexibility index (Phi) is 9.92. The Morgan fingerprint density at radius 1 is 0.588 bits per heavy atom. The van der Waals surface area contributed by atoms with Crippen molar-refractivity contribution in [2.45, 2.75) is 54.4 Å². The summed E-state index contributed by atoms with van der Waals surface area (Å²) in [5.74, 6) is 0. The van der Waals surface area contributed by atoms with Gasteiger partial charge in [-0.15, -0.1) is 0 Å². The summed E-state index contributed by atoms with van der Waals surface area (Å²) < 4.78 is 5.17. The molecule has 0 heterocycles. The van der Waals surface area contributed by atoms with Crippen LogP contribution in [0, 0.1) is 10.8 Å². The molecule has 0 unspecified atom stereocenters. The van der Waals surface area contributed by atoms with Crippen LogP contribution in [0.3, 0.4) is 0 Å². The molecule has 0 aliphatic heterocycles. The largest absolute Gasteiger partial charge is 1.00 e. The fourth-order valence-electron chi connectivity index (χ4n) is 5.04. The normalized spacial score (nSPS) is 15.1. The van der Waals surface area contributed by atoms with Crippen LogP contribution in [0.4, 0.5) is 0 Å². The summed E-state index contributed by atoms with van der Waals surface area (Å²) in [6.07, 6.45) is 11.9. The number of hydrogen-bond acceptors (Lipinski definition) is 0. The zero-order valence-electron chi connectivity index (χ0n) is 21.3. The molecule has 2 aliphatic carbocycles. The van der Waals surface area contributed by atoms with Gasteiger partial charge >= 0.3 is 203 Å². The van der Waals surface area contributed by atoms with Gasteiger partial charge in [-0.2, -0.15) is 0 Å². The topological polar surface area (TPSA) is 0 Å². The maximum atomic E-state index is 2.43. The van der Waals surface area contributed by atoms with E-state index < -0.39 is 21.3 Å². The van der Waals surface area contributed by atoms with Crippen molar-refractivity contribution < 1.29 is 46.1 Å². The third kappa shape index (κ3) is 6.10. The SMILES string of the molecule is CC(C)(C)C1=[C]([Zr+2]([C]2=C(C(C)(C)C)C=CC2)=[C](c2ccccc2)c2ccccc2)CC=C1.[Cl-].[Cl-]. The van der Waals surface area contributed by atoms with E-state index in [0.717, 1.165) is 12.8 Å². The molecule has 2 aliphatic rings. The fourth-order valence-corrected chi connectivity index (χ4v) is 14.8. The van der Waals surface area contributed by atoms with Crippen LogP contribution in [-0.2, 0) is 21.3 Å². The van der Waals surface area contributed by atoms with Gasteiger partial charge < -0.3 is 24.8 Å². The summed E-state index contributed by atoms with van der Waals surface area (Å²) in [7, 11) is 0. The molecule has 2 aromatic carbocycles. The summed E-state index contributed by atoms with van der Waals surface area (Å²) in [6.45, 7) is 14.3. The fraction of sp³-hybridized carbons (Fsp3) is 0.323. The van der Waals surface area contributed by atoms with Crippen molar-refractivity contribution in [3.63, 3.8) is 0 Å². The molecule has 3 heteroatoms. The van der Waals surface area contributed by atoms with Gasteiger partial charge in [0, 0.05) is 0 Å². The molecule has 0 saturated carbocycles. The van der Waals surface area contributed by atoms with Crippen LogP contribution in [0.1, 0.15) is 65.5 Å². The van der Waals surface area contributed by atoms with Crippen LogP contribution in [0.2, 0.25) is 0 Å². The molecule has 0 N–H and O–H groups in total. The van der Waals surface area contributed by atoms with Gasteiger partial charge in [0.25, 0.3) is 0 Å². The van der Waals surface area contributed by atoms with Crippen LogP contribution >= 0.6 is 0 Å². The number of hydrogen-bond donors (Lipinski definition) is 0. The molecule has 4 rings (SSSR count). The molecule has 2 aromatic rings. The average molecular weight is 571 g/mol. The maximum Gasteiger partial charge on any atom is -1.00 e. The van der Waals surface area contributed by atoms with Crippen molar-refractivity contribution in [2.75, 3.05) is 0 Å². The second kappa shape index (κ2) is 11.6. The minimum atomic E-state index is -2.48. The molecule has 0 radical (unpaired) electrons. The Morgan fingerprint density at radius 3 is 1.26 bits per heavy atom. The predicted molar refractivity (Wildman–Crippen MR) is 137 cm³/mol. The summed E-state index contributed by atoms with van der Waals surface area (Å²) in [5.41, 5.74) is 6.33. The van der Waals surface area contributed by atoms with Crippen LogP contribution < -0.4 is 24.8 Å². The molecule has 178 valence electrons. The third-order valence-electron chi connectivity index (χ3n) is 6.46. The number of halogens is 2. The van der Waals surface area contributed by atoms with Crippen molar-refractivity contribution >= 4 is 3.21 Å². The Labute approximate surface area is 226 Å². The van der Waals surface area contributed by atoms with Crippen LogP contribution in [-0.4, -0.2) is 3.21 Å². The van der Waals surface area contributed by atoms with Crippen molar-refractivity contribution in [2.24, 2.45) is 10.8 Å². The maximum absolute atomic E-state index is 2.48. The van der Waals surface area contributed by atoms with Gasteiger partial charge in [-0.1, -0.05) is 0 Å². The van der Waals surface area contributed by atoms with Crippen LogP contribution in [0.5, 0.6) is 0 Å². The van der Waals surface area contributed by atoms with E-state index >= 15 is 0 Å². The van der Waals surface area contributed by atoms with Crippen molar-refractivity contribution in [1.29, 1.82) is 0 Å². The first-order chi connectivity index (χ1) is 15.2. The summed E-state index contributed by atoms with van der Waals surface area (Å²) in [6, 6.07) is 22.4. The number of rotatable bonds is 4. The van der Waals surface area contributed by atoms with Crippen LogP contribution in [0.15, 0.2) is 103 Å². The molecular weight excluding hydrogens is 534 g/mol. The Hall–Kier alpha value is -1.27. The zero-order valence-corrected chi connectivity index (χ0v) is 25.2. The van der Waals surface area contributed by atoms with Gasteiger partial charge in [-0.05, 0) is 0 Å². The summed E-state index contributed by atoms with van der Waals surface area (Å²) in [4.78, 5) is 0. The third-order valence-corrected chi connectivity index (χ3v) is 14.4. The standard InChI is InChI=1S/C13H10.2C9H13.2ClH.Zr/c1-3-7-12(8-4-1)11-13-9-5-2-6-10-13;2*1-9(2,3)8-6-4-5-7-8;;;/h1-10H;2*4,6H,5H2,1-3H3;2*1H;/q;;;;;+2/p-2. The molecular formula is C31H36Cl2Zr. The minimum Gasteiger partial charge on any atom is -1.00 e. The summed E-state index contributed by atoms with van der Waals surface area (Å²) in [5, 5.41) is 0. The second-order valence-corrected chi connectivity index (χ2v) is 17.0. The Morgan fingerprint density at radius 2 is 0.941 bits per heavy atom. The average Bonchev–Trinajstić information content (AvgIpc) is 3.43. The van der Waals surface area contributed by atoms with E-state index in [9.17, 15) is 0 Å². The van der Waals surface area contributed by atoms with Gasteiger partial charge in [0.1, 0.15) is 0 Å². The van der Waals surface area contributed by atoms with Crippen molar-refractivity contribution in [1.82, 2.24) is 0 Å². The van der Waals surface area contributed by atoms with E-state index in [4.69, 9.17) is 0 Å². The van der Waals surface area contributed by atoms with Gasteiger partial charge in [-0.3, -0.25) is 0 Å². The van der Waals surface area contributed by atoms with Crippen LogP contribution in [0.25, 0.3) is 0 Å². The molecule has 0 spiro atoms. The molecule has 0 bridgehead atoms. The van der Waals surface area contributed by atoms with Gasteiger partial charge in [0.2, 0.25) is 0 Å². The molecule has 0 saturated heterocycles. The molecule has 0 atom stereocenters. The molecule has 0 nitrogen and oxygen atoms in total. The molecule has 0 fully saturated rings. The van der Waals surface area contributed by atoms with Crippen molar-refractivity contribution in [3.8, 4) is 0 Å². The van der Waals surface area contributed by atoms with E-state index in [2.05, 4.69) is 127 Å². The van der Waals surface area contributed by atoms with E-state index in [-0.39, 0.29) is 35.6 Å². The van der Waals surface area contributed by atoms with E-state index in [0.29, 0.717) is 0 Å². The molecule has 0 aromatic heterocycles. The first kappa shape index (κ1) is 29.0. The van der Waals surface area contributed by atoms with E-state index in [1.807, 2.05) is 0 Å². The van der Waals surface area contributed by atoms with Gasteiger partial charge in [0.15, 0.2) is 0 Å². The minimum absolute atomic E-state index is 0. The molecule has 34 heavy (non-hydrogen) atoms. The first-order valence-corrected chi connectivity index (χ1v) is 15.5. The number of allylic oxidation sites excluding steroid dienone is 8. The van der Waals surface area contributed by atoms with E-state index in [1.54, 1.807) is 20.9 Å². The van der Waals surface area contributed by atoms with Gasteiger partial charge in [0.05, 0.1) is 0 Å². The monoisotopic (exact) mass is 568 g/mol. The number of benzene rings is 2. The molecule has 0 amide bonds. The predicted octanol–water partition coefficient (Wildman–Crippen LogP) is 2.40. The Balaban J connectivity index is 0.00000204. The van der Waals surface area contributed by atoms with Crippen molar-refractivity contribution in [3.05, 3.63) is 114 Å². The quantitative estimate of drug-likeness (QED) is 0.530. The smallest absolute Gasteiger partial charge is 1.00 e. The zero-order chi connectivity index (χ0) is 22.9. The Bertz CT molecular complexity index is 1060. The van der Waals surface area contributed by atoms with Gasteiger partial charge in [-0.25, -0.2) is 0 Å².